The molecule has 0 fully saturated rings. The van der Waals surface area contributed by atoms with Crippen molar-refractivity contribution in [3.05, 3.63) is 40.3 Å². The van der Waals surface area contributed by atoms with Gasteiger partial charge < -0.3 is 5.32 Å². The quantitative estimate of drug-likeness (QED) is 0.761. The Kier molecular flexibility index (Phi) is 3.20. The molecule has 0 aliphatic rings. The molecule has 3 rings (SSSR count). The summed E-state index contributed by atoms with van der Waals surface area (Å²) in [6, 6.07) is 7.90. The minimum Gasteiger partial charge on any atom is -0.379 e. The molecule has 19 heavy (non-hydrogen) atoms. The van der Waals surface area contributed by atoms with E-state index < -0.39 is 0 Å². The maximum atomic E-state index is 4.41. The van der Waals surface area contributed by atoms with Crippen LogP contribution in [0.1, 0.15) is 10.7 Å². The number of H-pyrrole nitrogens is 1. The first-order chi connectivity index (χ1) is 9.31. The predicted octanol–water partition coefficient (Wildman–Crippen LogP) is 2.24. The van der Waals surface area contributed by atoms with Gasteiger partial charge in [-0.05, 0) is 24.3 Å². The molecule has 0 atom stereocenters. The van der Waals surface area contributed by atoms with E-state index in [1.165, 1.54) is 0 Å². The summed E-state index contributed by atoms with van der Waals surface area (Å²) in [4.78, 5) is 4.41. The Balaban J connectivity index is 1.73. The van der Waals surface area contributed by atoms with Gasteiger partial charge in [0, 0.05) is 22.3 Å². The van der Waals surface area contributed by atoms with Crippen LogP contribution in [0.15, 0.2) is 29.6 Å². The zero-order chi connectivity index (χ0) is 13.1. The van der Waals surface area contributed by atoms with Gasteiger partial charge in [0.1, 0.15) is 5.01 Å². The molecule has 0 amide bonds. The zero-order valence-electron chi connectivity index (χ0n) is 10.3. The van der Waals surface area contributed by atoms with Crippen LogP contribution >= 0.6 is 11.3 Å². The molecule has 1 aromatic carbocycles. The van der Waals surface area contributed by atoms with Gasteiger partial charge in [-0.25, -0.2) is 4.98 Å². The van der Waals surface area contributed by atoms with Crippen LogP contribution in [0.2, 0.25) is 0 Å². The van der Waals surface area contributed by atoms with Crippen LogP contribution in [0.5, 0.6) is 0 Å². The number of rotatable bonds is 4. The van der Waals surface area contributed by atoms with Crippen molar-refractivity contribution in [1.82, 2.24) is 25.6 Å². The van der Waals surface area contributed by atoms with Crippen molar-refractivity contribution >= 4 is 17.0 Å². The van der Waals surface area contributed by atoms with Gasteiger partial charge >= 0.3 is 0 Å². The van der Waals surface area contributed by atoms with Crippen molar-refractivity contribution in [2.24, 2.45) is 0 Å². The van der Waals surface area contributed by atoms with Gasteiger partial charge in [0.15, 0.2) is 0 Å². The highest BCUT2D eigenvalue weighted by molar-refractivity contribution is 7.09. The monoisotopic (exact) mass is 272 g/mol. The molecule has 3 aromatic rings. The van der Waals surface area contributed by atoms with Gasteiger partial charge in [-0.2, -0.15) is 5.21 Å². The fourth-order valence-electron chi connectivity index (χ4n) is 1.71. The summed E-state index contributed by atoms with van der Waals surface area (Å²) in [6.07, 6.45) is 0. The van der Waals surface area contributed by atoms with Gasteiger partial charge in [-0.15, -0.1) is 21.5 Å². The lowest BCUT2D eigenvalue weighted by atomic mass is 10.2. The number of hydrogen-bond acceptors (Lipinski definition) is 6. The van der Waals surface area contributed by atoms with E-state index in [1.807, 2.05) is 36.6 Å². The third kappa shape index (κ3) is 2.76. The number of aryl methyl sites for hydroxylation is 1. The van der Waals surface area contributed by atoms with E-state index in [4.69, 9.17) is 0 Å². The molecule has 2 aromatic heterocycles. The normalized spacial score (nSPS) is 10.6. The van der Waals surface area contributed by atoms with Gasteiger partial charge in [-0.3, -0.25) is 0 Å². The van der Waals surface area contributed by atoms with Crippen molar-refractivity contribution in [3.63, 3.8) is 0 Å². The summed E-state index contributed by atoms with van der Waals surface area (Å²) in [5.74, 6) is 0.591. The van der Waals surface area contributed by atoms with Gasteiger partial charge in [-0.1, -0.05) is 12.1 Å². The smallest absolute Gasteiger partial charge is 0.204 e. The second-order valence-corrected chi connectivity index (χ2v) is 5.00. The van der Waals surface area contributed by atoms with Crippen LogP contribution in [0, 0.1) is 6.92 Å². The SMILES string of the molecule is Cc1csc(CNc2cccc(-c3nn[nH]n3)c2)n1. The molecule has 2 N–H and O–H groups in total. The molecular formula is C12H12N6S. The fourth-order valence-corrected chi connectivity index (χ4v) is 2.43. The van der Waals surface area contributed by atoms with E-state index in [0.717, 1.165) is 22.0 Å². The van der Waals surface area contributed by atoms with Crippen LogP contribution in [0.4, 0.5) is 5.69 Å². The van der Waals surface area contributed by atoms with E-state index in [1.54, 1.807) is 11.3 Å². The van der Waals surface area contributed by atoms with Gasteiger partial charge in [0.2, 0.25) is 5.82 Å². The number of nitrogens with zero attached hydrogens (tertiary/aromatic N) is 4. The molecule has 2 heterocycles. The topological polar surface area (TPSA) is 79.4 Å². The fraction of sp³-hybridized carbons (Fsp3) is 0.167. The van der Waals surface area contributed by atoms with E-state index in [0.29, 0.717) is 12.4 Å². The maximum Gasteiger partial charge on any atom is 0.204 e. The average molecular weight is 272 g/mol. The molecule has 0 spiro atoms. The maximum absolute atomic E-state index is 4.41. The number of tetrazole rings is 1. The summed E-state index contributed by atoms with van der Waals surface area (Å²) in [6.45, 7) is 2.71. The average Bonchev–Trinajstić information content (AvgIpc) is 3.08. The lowest BCUT2D eigenvalue weighted by molar-refractivity contribution is 0.881. The van der Waals surface area contributed by atoms with E-state index in [-0.39, 0.29) is 0 Å². The molecule has 0 aliphatic carbocycles. The summed E-state index contributed by atoms with van der Waals surface area (Å²) in [5, 5.41) is 20.4. The molecule has 0 saturated heterocycles. The van der Waals surface area contributed by atoms with E-state index in [9.17, 15) is 0 Å². The Morgan fingerprint density at radius 2 is 2.32 bits per heavy atom. The lowest BCUT2D eigenvalue weighted by Crippen LogP contribution is -1.99. The van der Waals surface area contributed by atoms with E-state index >= 15 is 0 Å². The molecular weight excluding hydrogens is 260 g/mol. The van der Waals surface area contributed by atoms with E-state index in [2.05, 4.69) is 30.9 Å². The Bertz CT molecular complexity index is 660. The highest BCUT2D eigenvalue weighted by atomic mass is 32.1. The first kappa shape index (κ1) is 11.8. The second-order valence-electron chi connectivity index (χ2n) is 4.05. The van der Waals surface area contributed by atoms with Crippen LogP contribution < -0.4 is 5.32 Å². The number of anilines is 1. The van der Waals surface area contributed by atoms with Crippen molar-refractivity contribution < 1.29 is 0 Å². The van der Waals surface area contributed by atoms with Crippen molar-refractivity contribution in [2.45, 2.75) is 13.5 Å². The Morgan fingerprint density at radius 3 is 3.05 bits per heavy atom. The minimum absolute atomic E-state index is 0.591. The number of thiazole rings is 1. The first-order valence-corrected chi connectivity index (χ1v) is 6.68. The van der Waals surface area contributed by atoms with Crippen molar-refractivity contribution in [3.8, 4) is 11.4 Å². The van der Waals surface area contributed by atoms with Crippen molar-refractivity contribution in [2.75, 3.05) is 5.32 Å². The molecule has 0 unspecified atom stereocenters. The Hall–Kier alpha value is -2.28. The third-order valence-electron chi connectivity index (χ3n) is 2.58. The second kappa shape index (κ2) is 5.15. The van der Waals surface area contributed by atoms with Crippen molar-refractivity contribution in [1.29, 1.82) is 0 Å². The molecule has 0 radical (unpaired) electrons. The van der Waals surface area contributed by atoms with Crippen LogP contribution in [0.3, 0.4) is 0 Å². The summed E-state index contributed by atoms with van der Waals surface area (Å²) in [5.41, 5.74) is 2.99. The number of hydrogen-bond donors (Lipinski definition) is 2. The standard InChI is InChI=1S/C12H12N6S/c1-8-7-19-11(14-8)6-13-10-4-2-3-9(5-10)12-15-17-18-16-12/h2-5,7,13H,6H2,1H3,(H,15,16,17,18). The summed E-state index contributed by atoms with van der Waals surface area (Å²) in [7, 11) is 0. The number of benzene rings is 1. The Labute approximate surface area is 113 Å². The van der Waals surface area contributed by atoms with Crippen LogP contribution in [-0.4, -0.2) is 25.6 Å². The summed E-state index contributed by atoms with van der Waals surface area (Å²) >= 11 is 1.66. The first-order valence-electron chi connectivity index (χ1n) is 5.80. The molecule has 0 saturated carbocycles. The largest absolute Gasteiger partial charge is 0.379 e. The molecule has 6 nitrogen and oxygen atoms in total. The third-order valence-corrected chi connectivity index (χ3v) is 3.54. The molecule has 0 aliphatic heterocycles. The molecule has 0 bridgehead atoms. The number of aromatic amines is 1. The number of aromatic nitrogens is 5. The van der Waals surface area contributed by atoms with Crippen LogP contribution in [-0.2, 0) is 6.54 Å². The lowest BCUT2D eigenvalue weighted by Gasteiger charge is -2.05. The zero-order valence-corrected chi connectivity index (χ0v) is 11.1. The minimum atomic E-state index is 0.591. The van der Waals surface area contributed by atoms with Gasteiger partial charge in [0.05, 0.1) is 6.54 Å². The number of nitrogens with one attached hydrogen (secondary N) is 2. The summed E-state index contributed by atoms with van der Waals surface area (Å²) < 4.78 is 0. The predicted molar refractivity (Wildman–Crippen MR) is 73.8 cm³/mol. The van der Waals surface area contributed by atoms with Gasteiger partial charge in [0.25, 0.3) is 0 Å². The highest BCUT2D eigenvalue weighted by Crippen LogP contribution is 2.19. The highest BCUT2D eigenvalue weighted by Gasteiger charge is 2.04. The molecule has 96 valence electrons. The van der Waals surface area contributed by atoms with Crippen LogP contribution in [0.25, 0.3) is 11.4 Å². The molecule has 7 heteroatoms. The Morgan fingerprint density at radius 1 is 1.37 bits per heavy atom.